The second-order valence-electron chi connectivity index (χ2n) is 5.57. The van der Waals surface area contributed by atoms with E-state index in [1.165, 1.54) is 12.3 Å². The van der Waals surface area contributed by atoms with Crippen molar-refractivity contribution in [3.63, 3.8) is 0 Å². The predicted molar refractivity (Wildman–Crippen MR) is 92.2 cm³/mol. The molecule has 1 N–H and O–H groups in total. The second kappa shape index (κ2) is 6.93. The molecule has 3 aromatic rings. The van der Waals surface area contributed by atoms with Crippen LogP contribution in [0.1, 0.15) is 34.9 Å². The number of carboxylic acids is 1. The summed E-state index contributed by atoms with van der Waals surface area (Å²) in [5.74, 6) is -1.23. The van der Waals surface area contributed by atoms with Gasteiger partial charge in [-0.2, -0.15) is 0 Å². The molecule has 0 amide bonds. The van der Waals surface area contributed by atoms with Gasteiger partial charge >= 0.3 is 57.4 Å². The molecule has 0 bridgehead atoms. The molecule has 5 nitrogen and oxygen atoms in total. The van der Waals surface area contributed by atoms with Crippen molar-refractivity contribution in [1.82, 2.24) is 14.4 Å². The number of aromatic carboxylic acids is 1. The minimum atomic E-state index is -1.08. The molecule has 1 aliphatic rings. The monoisotopic (exact) mass is 415 g/mol. The fraction of sp³-hybridized carbons (Fsp3) is 0.188. The van der Waals surface area contributed by atoms with Gasteiger partial charge in [-0.1, -0.05) is 15.9 Å². The van der Waals surface area contributed by atoms with Gasteiger partial charge < -0.3 is 9.51 Å². The number of benzene rings is 1. The molecule has 2 aromatic heterocycles. The standard InChI is InChI=1S/C16H11BrFN3O2.K.H/c17-9-3-4-10(11(18)5-9)12-6-21-7-13(16(22)23)19-14(8-1-2-8)15(21)20-12;;/h3-8H,1-2H2,(H,22,23);;. The first kappa shape index (κ1) is 18.2. The summed E-state index contributed by atoms with van der Waals surface area (Å²) < 4.78 is 16.4. The van der Waals surface area contributed by atoms with Gasteiger partial charge in [-0.05, 0) is 31.0 Å². The summed E-state index contributed by atoms with van der Waals surface area (Å²) in [4.78, 5) is 20.0. The van der Waals surface area contributed by atoms with Crippen LogP contribution in [0.3, 0.4) is 0 Å². The molecule has 0 atom stereocenters. The molecule has 0 saturated heterocycles. The van der Waals surface area contributed by atoms with E-state index in [9.17, 15) is 14.3 Å². The Balaban J connectivity index is 0.00000169. The first-order valence-corrected chi connectivity index (χ1v) is 7.90. The number of aromatic nitrogens is 3. The number of rotatable bonds is 3. The van der Waals surface area contributed by atoms with E-state index in [4.69, 9.17) is 0 Å². The van der Waals surface area contributed by atoms with E-state index >= 15 is 0 Å². The first-order valence-electron chi connectivity index (χ1n) is 7.11. The summed E-state index contributed by atoms with van der Waals surface area (Å²) in [5, 5.41) is 9.21. The summed E-state index contributed by atoms with van der Waals surface area (Å²) in [6.07, 6.45) is 5.00. The van der Waals surface area contributed by atoms with Crippen LogP contribution >= 0.6 is 15.9 Å². The van der Waals surface area contributed by atoms with Crippen LogP contribution in [0.4, 0.5) is 4.39 Å². The number of hydrogen-bond acceptors (Lipinski definition) is 3. The first-order chi connectivity index (χ1) is 11.0. The van der Waals surface area contributed by atoms with Gasteiger partial charge in [0, 0.05) is 28.3 Å². The van der Waals surface area contributed by atoms with Crippen LogP contribution in [0.5, 0.6) is 0 Å². The molecule has 1 aliphatic carbocycles. The van der Waals surface area contributed by atoms with Crippen LogP contribution in [-0.2, 0) is 0 Å². The van der Waals surface area contributed by atoms with Crippen LogP contribution < -0.4 is 0 Å². The number of nitrogens with zero attached hydrogens (tertiary/aromatic N) is 3. The molecular weight excluding hydrogens is 404 g/mol. The van der Waals surface area contributed by atoms with E-state index in [1.54, 1.807) is 22.7 Å². The molecule has 0 unspecified atom stereocenters. The number of carbonyl (C=O) groups is 1. The fourth-order valence-electron chi connectivity index (χ4n) is 2.58. The third kappa shape index (κ3) is 3.36. The van der Waals surface area contributed by atoms with Crippen LogP contribution in [0.15, 0.2) is 35.1 Å². The Morgan fingerprint density at radius 1 is 1.29 bits per heavy atom. The van der Waals surface area contributed by atoms with E-state index < -0.39 is 5.97 Å². The Morgan fingerprint density at radius 2 is 2.04 bits per heavy atom. The number of carboxylic acid groups (broad SMARTS) is 1. The van der Waals surface area contributed by atoms with Gasteiger partial charge in [0.05, 0.1) is 11.4 Å². The van der Waals surface area contributed by atoms with Crippen molar-refractivity contribution in [3.8, 4) is 11.3 Å². The summed E-state index contributed by atoms with van der Waals surface area (Å²) in [6.45, 7) is 0. The molecule has 24 heavy (non-hydrogen) atoms. The van der Waals surface area contributed by atoms with E-state index in [0.717, 1.165) is 12.8 Å². The molecule has 118 valence electrons. The van der Waals surface area contributed by atoms with Gasteiger partial charge in [0.2, 0.25) is 0 Å². The maximum atomic E-state index is 14.2. The quantitative estimate of drug-likeness (QED) is 0.666. The van der Waals surface area contributed by atoms with Gasteiger partial charge in [0.1, 0.15) is 5.82 Å². The normalized spacial score (nSPS) is 13.8. The van der Waals surface area contributed by atoms with Crippen molar-refractivity contribution >= 4 is 78.9 Å². The minimum absolute atomic E-state index is 0. The molecule has 1 aromatic carbocycles. The third-order valence-electron chi connectivity index (χ3n) is 3.85. The molecule has 4 rings (SSSR count). The van der Waals surface area contributed by atoms with E-state index in [-0.39, 0.29) is 68.8 Å². The van der Waals surface area contributed by atoms with Crippen LogP contribution in [0.2, 0.25) is 0 Å². The molecule has 0 aliphatic heterocycles. The average Bonchev–Trinajstić information content (AvgIpc) is 3.25. The summed E-state index contributed by atoms with van der Waals surface area (Å²) in [7, 11) is 0. The Labute approximate surface area is 187 Å². The molecular formula is C16H12BrFKN3O2. The van der Waals surface area contributed by atoms with Crippen molar-refractivity contribution in [2.45, 2.75) is 18.8 Å². The second-order valence-corrected chi connectivity index (χ2v) is 6.49. The maximum absolute atomic E-state index is 14.2. The third-order valence-corrected chi connectivity index (χ3v) is 4.35. The van der Waals surface area contributed by atoms with Crippen molar-refractivity contribution in [3.05, 3.63) is 52.3 Å². The topological polar surface area (TPSA) is 67.5 Å². The molecule has 1 saturated carbocycles. The van der Waals surface area contributed by atoms with Crippen LogP contribution in [0, 0.1) is 5.82 Å². The number of imidazole rings is 1. The van der Waals surface area contributed by atoms with E-state index in [2.05, 4.69) is 25.9 Å². The van der Waals surface area contributed by atoms with Gasteiger partial charge in [-0.25, -0.2) is 19.2 Å². The van der Waals surface area contributed by atoms with Gasteiger partial charge in [-0.3, -0.25) is 0 Å². The fourth-order valence-corrected chi connectivity index (χ4v) is 2.92. The van der Waals surface area contributed by atoms with Crippen molar-refractivity contribution < 1.29 is 14.3 Å². The Hall–Kier alpha value is -0.644. The SMILES string of the molecule is O=C(O)c1cn2cc(-c3ccc(Br)cc3F)nc2c(C2CC2)n1.[KH]. The summed E-state index contributed by atoms with van der Waals surface area (Å²) in [6, 6.07) is 4.76. The number of halogens is 2. The van der Waals surface area contributed by atoms with Gasteiger partial charge in [-0.15, -0.1) is 0 Å². The van der Waals surface area contributed by atoms with Gasteiger partial charge in [0.15, 0.2) is 11.3 Å². The molecule has 0 radical (unpaired) electrons. The Kier molecular flexibility index (Phi) is 5.24. The molecule has 0 spiro atoms. The number of fused-ring (bicyclic) bond motifs is 1. The Morgan fingerprint density at radius 3 is 2.67 bits per heavy atom. The van der Waals surface area contributed by atoms with E-state index in [1.807, 2.05) is 0 Å². The zero-order valence-corrected chi connectivity index (χ0v) is 13.4. The van der Waals surface area contributed by atoms with Crippen molar-refractivity contribution in [1.29, 1.82) is 0 Å². The van der Waals surface area contributed by atoms with Gasteiger partial charge in [0.25, 0.3) is 0 Å². The molecule has 8 heteroatoms. The zero-order chi connectivity index (χ0) is 16.1. The Bertz CT molecular complexity index is 956. The van der Waals surface area contributed by atoms with E-state index in [0.29, 0.717) is 27.1 Å². The molecule has 1 fully saturated rings. The van der Waals surface area contributed by atoms with Crippen LogP contribution in [-0.4, -0.2) is 76.8 Å². The summed E-state index contributed by atoms with van der Waals surface area (Å²) >= 11 is 3.23. The van der Waals surface area contributed by atoms with Crippen molar-refractivity contribution in [2.24, 2.45) is 0 Å². The number of hydrogen-bond donors (Lipinski definition) is 1. The van der Waals surface area contributed by atoms with Crippen LogP contribution in [0.25, 0.3) is 16.9 Å². The average molecular weight is 416 g/mol. The zero-order valence-electron chi connectivity index (χ0n) is 11.8. The van der Waals surface area contributed by atoms with Crippen molar-refractivity contribution in [2.75, 3.05) is 0 Å². The summed E-state index contributed by atoms with van der Waals surface area (Å²) in [5.41, 5.74) is 2.07. The predicted octanol–water partition coefficient (Wildman–Crippen LogP) is 3.23. The molecule has 2 heterocycles.